The second-order valence-electron chi connectivity index (χ2n) is 3.75. The van der Waals surface area contributed by atoms with Gasteiger partial charge in [-0.15, -0.1) is 5.06 Å². The lowest BCUT2D eigenvalue weighted by atomic mass is 10.1. The predicted octanol–water partition coefficient (Wildman–Crippen LogP) is 2.61. The van der Waals surface area contributed by atoms with Crippen LogP contribution in [0.2, 0.25) is 0 Å². The summed E-state index contributed by atoms with van der Waals surface area (Å²) < 4.78 is 13.3. The van der Waals surface area contributed by atoms with Gasteiger partial charge in [0.05, 0.1) is 4.48 Å². The Balaban J connectivity index is 2.38. The third kappa shape index (κ3) is 2.26. The van der Waals surface area contributed by atoms with Crippen LogP contribution in [0.25, 0.3) is 5.76 Å². The minimum Gasteiger partial charge on any atom is -0.480 e. The Kier molecular flexibility index (Phi) is 3.68. The zero-order chi connectivity index (χ0) is 13.3. The molecule has 1 unspecified atom stereocenters. The topological polar surface area (TPSA) is 49.8 Å². The Morgan fingerprint density at radius 3 is 2.56 bits per heavy atom. The Hall–Kier alpha value is -1.40. The quantitative estimate of drug-likeness (QED) is 0.931. The largest absolute Gasteiger partial charge is 0.480 e. The van der Waals surface area contributed by atoms with Gasteiger partial charge in [-0.25, -0.2) is 9.18 Å². The van der Waals surface area contributed by atoms with Crippen molar-refractivity contribution < 1.29 is 19.1 Å². The molecule has 1 N–H and O–H groups in total. The van der Waals surface area contributed by atoms with E-state index >= 15 is 0 Å². The van der Waals surface area contributed by atoms with Crippen LogP contribution in [-0.4, -0.2) is 28.7 Å². The number of hydrogen-bond acceptors (Lipinski definition) is 3. The number of carbonyl (C=O) groups is 1. The number of carboxylic acids is 1. The molecule has 2 rings (SSSR count). The van der Waals surface area contributed by atoms with E-state index in [-0.39, 0.29) is 5.82 Å². The minimum atomic E-state index is -0.999. The van der Waals surface area contributed by atoms with E-state index in [1.165, 1.54) is 17.2 Å². The normalized spacial score (nSPS) is 20.1. The van der Waals surface area contributed by atoms with E-state index in [1.54, 1.807) is 19.1 Å². The maximum atomic E-state index is 12.8. The molecule has 0 saturated carbocycles. The molecule has 1 heterocycles. The number of carboxylic acid groups (broad SMARTS) is 1. The van der Waals surface area contributed by atoms with Crippen molar-refractivity contribution in [1.82, 2.24) is 5.06 Å². The lowest BCUT2D eigenvalue weighted by molar-refractivity contribution is -0.155. The van der Waals surface area contributed by atoms with Crippen LogP contribution in [-0.2, 0) is 9.63 Å². The number of nitrogens with zero attached hydrogens (tertiary/aromatic N) is 1. The third-order valence-corrected chi connectivity index (χ3v) is 3.40. The number of benzene rings is 1. The molecular weight excluding hydrogens is 305 g/mol. The molecule has 0 radical (unpaired) electrons. The highest BCUT2D eigenvalue weighted by Crippen LogP contribution is 2.36. The highest BCUT2D eigenvalue weighted by Gasteiger charge is 2.38. The first-order chi connectivity index (χ1) is 8.54. The maximum Gasteiger partial charge on any atom is 0.329 e. The van der Waals surface area contributed by atoms with Gasteiger partial charge in [-0.3, -0.25) is 0 Å². The molecule has 1 aromatic rings. The summed E-state index contributed by atoms with van der Waals surface area (Å²) in [4.78, 5) is 16.7. The van der Waals surface area contributed by atoms with Gasteiger partial charge in [-0.05, 0) is 47.1 Å². The maximum absolute atomic E-state index is 12.8. The zero-order valence-corrected chi connectivity index (χ0v) is 11.1. The molecule has 1 aromatic carbocycles. The smallest absolute Gasteiger partial charge is 0.329 e. The summed E-state index contributed by atoms with van der Waals surface area (Å²) in [5.41, 5.74) is 0.630. The number of aliphatic carboxylic acids is 1. The second kappa shape index (κ2) is 5.07. The Morgan fingerprint density at radius 2 is 2.11 bits per heavy atom. The number of hydrogen-bond donors (Lipinski definition) is 1. The van der Waals surface area contributed by atoms with Gasteiger partial charge in [0, 0.05) is 12.1 Å². The van der Waals surface area contributed by atoms with Crippen molar-refractivity contribution in [2.24, 2.45) is 0 Å². The van der Waals surface area contributed by atoms with Crippen molar-refractivity contribution in [1.29, 1.82) is 0 Å². The third-order valence-electron chi connectivity index (χ3n) is 2.61. The molecule has 0 saturated heterocycles. The molecule has 1 aliphatic heterocycles. The standard InChI is InChI=1S/C12H11BrFNO3/c1-2-15-10(12(16)17)9(13)11(18-15)7-3-5-8(14)6-4-7/h3-6,10H,2H2,1H3,(H,16,17). The molecule has 6 heteroatoms. The molecule has 0 fully saturated rings. The molecule has 4 nitrogen and oxygen atoms in total. The monoisotopic (exact) mass is 315 g/mol. The van der Waals surface area contributed by atoms with Gasteiger partial charge in [-0.1, -0.05) is 0 Å². The molecule has 96 valence electrons. The predicted molar refractivity (Wildman–Crippen MR) is 67.1 cm³/mol. The van der Waals surface area contributed by atoms with Crippen LogP contribution in [0, 0.1) is 5.82 Å². The molecule has 0 bridgehead atoms. The molecule has 18 heavy (non-hydrogen) atoms. The van der Waals surface area contributed by atoms with Gasteiger partial charge in [0.25, 0.3) is 0 Å². The fourth-order valence-electron chi connectivity index (χ4n) is 1.73. The van der Waals surface area contributed by atoms with E-state index in [9.17, 15) is 9.18 Å². The molecular formula is C12H11BrFNO3. The average Bonchev–Trinajstić information content (AvgIpc) is 2.67. The number of rotatable bonds is 3. The van der Waals surface area contributed by atoms with Crippen LogP contribution >= 0.6 is 15.9 Å². The van der Waals surface area contributed by atoms with Gasteiger partial charge >= 0.3 is 5.97 Å². The molecule has 1 aliphatic rings. The fraction of sp³-hybridized carbons (Fsp3) is 0.250. The summed E-state index contributed by atoms with van der Waals surface area (Å²) in [5, 5.41) is 10.5. The summed E-state index contributed by atoms with van der Waals surface area (Å²) >= 11 is 3.25. The van der Waals surface area contributed by atoms with Crippen LogP contribution in [0.15, 0.2) is 28.7 Å². The van der Waals surface area contributed by atoms with Crippen LogP contribution < -0.4 is 0 Å². The first-order valence-electron chi connectivity index (χ1n) is 5.37. The van der Waals surface area contributed by atoms with Crippen LogP contribution in [0.1, 0.15) is 12.5 Å². The summed E-state index contributed by atoms with van der Waals surface area (Å²) in [6.45, 7) is 2.22. The van der Waals surface area contributed by atoms with Gasteiger partial charge in [0.2, 0.25) is 0 Å². The second-order valence-corrected chi connectivity index (χ2v) is 4.60. The molecule has 0 aromatic heterocycles. The van der Waals surface area contributed by atoms with Crippen molar-refractivity contribution in [3.63, 3.8) is 0 Å². The average molecular weight is 316 g/mol. The van der Waals surface area contributed by atoms with E-state index in [1.807, 2.05) is 0 Å². The Labute approximate surface area is 112 Å². The van der Waals surface area contributed by atoms with Crippen molar-refractivity contribution in [2.75, 3.05) is 6.54 Å². The SMILES string of the molecule is CCN1OC(c2ccc(F)cc2)=C(Br)C1C(=O)O. The summed E-state index contributed by atoms with van der Waals surface area (Å²) in [6, 6.07) is 4.83. The van der Waals surface area contributed by atoms with E-state index in [0.717, 1.165) is 0 Å². The Morgan fingerprint density at radius 1 is 1.50 bits per heavy atom. The highest BCUT2D eigenvalue weighted by molar-refractivity contribution is 9.12. The van der Waals surface area contributed by atoms with Crippen molar-refractivity contribution in [2.45, 2.75) is 13.0 Å². The van der Waals surface area contributed by atoms with Crippen molar-refractivity contribution >= 4 is 27.7 Å². The van der Waals surface area contributed by atoms with Gasteiger partial charge in [0.1, 0.15) is 5.82 Å². The van der Waals surface area contributed by atoms with Gasteiger partial charge in [0.15, 0.2) is 11.8 Å². The number of halogens is 2. The lowest BCUT2D eigenvalue weighted by Crippen LogP contribution is -2.36. The molecule has 0 spiro atoms. The van der Waals surface area contributed by atoms with E-state index in [0.29, 0.717) is 22.3 Å². The van der Waals surface area contributed by atoms with Crippen LogP contribution in [0.5, 0.6) is 0 Å². The molecule has 0 amide bonds. The van der Waals surface area contributed by atoms with Crippen molar-refractivity contribution in [3.8, 4) is 0 Å². The number of likely N-dealkylation sites (N-methyl/N-ethyl adjacent to an activating group) is 1. The van der Waals surface area contributed by atoms with E-state index in [4.69, 9.17) is 9.94 Å². The lowest BCUT2D eigenvalue weighted by Gasteiger charge is -2.18. The van der Waals surface area contributed by atoms with Crippen molar-refractivity contribution in [3.05, 3.63) is 40.1 Å². The molecule has 0 aliphatic carbocycles. The minimum absolute atomic E-state index is 0.351. The van der Waals surface area contributed by atoms with Gasteiger partial charge in [-0.2, -0.15) is 0 Å². The first-order valence-corrected chi connectivity index (χ1v) is 6.17. The highest BCUT2D eigenvalue weighted by atomic mass is 79.9. The van der Waals surface area contributed by atoms with Crippen LogP contribution in [0.4, 0.5) is 4.39 Å². The van der Waals surface area contributed by atoms with Crippen LogP contribution in [0.3, 0.4) is 0 Å². The summed E-state index contributed by atoms with van der Waals surface area (Å²) in [5.74, 6) is -0.944. The first kappa shape index (κ1) is 13.0. The fourth-order valence-corrected chi connectivity index (χ4v) is 2.46. The molecule has 1 atom stereocenters. The van der Waals surface area contributed by atoms with E-state index in [2.05, 4.69) is 15.9 Å². The Bertz CT molecular complexity index is 501. The van der Waals surface area contributed by atoms with Gasteiger partial charge < -0.3 is 9.94 Å². The number of hydroxylamine groups is 2. The summed E-state index contributed by atoms with van der Waals surface area (Å²) in [6.07, 6.45) is 0. The zero-order valence-electron chi connectivity index (χ0n) is 9.56. The summed E-state index contributed by atoms with van der Waals surface area (Å²) in [7, 11) is 0. The van der Waals surface area contributed by atoms with E-state index < -0.39 is 12.0 Å².